The minimum atomic E-state index is -2.73. The molecule has 0 aliphatic heterocycles. The highest BCUT2D eigenvalue weighted by atomic mass is 28.3. The van der Waals surface area contributed by atoms with Crippen LogP contribution in [0.5, 0.6) is 0 Å². The summed E-state index contributed by atoms with van der Waals surface area (Å²) in [6.45, 7) is 2.41. The summed E-state index contributed by atoms with van der Waals surface area (Å²) in [6, 6.07) is 95.2. The van der Waals surface area contributed by atoms with E-state index >= 15 is 0 Å². The number of benzene rings is 10. The molecule has 0 spiro atoms. The molecule has 2 unspecified atom stereocenters. The molecule has 1 aliphatic carbocycles. The van der Waals surface area contributed by atoms with Crippen LogP contribution in [0.3, 0.4) is 0 Å². The largest absolute Gasteiger partial charge is 0.309 e. The molecule has 0 N–H and O–H groups in total. The van der Waals surface area contributed by atoms with E-state index in [1.54, 1.807) is 0 Å². The van der Waals surface area contributed by atoms with Crippen LogP contribution in [0, 0.1) is 0 Å². The van der Waals surface area contributed by atoms with Crippen LogP contribution in [0.4, 0.5) is 0 Å². The highest BCUT2D eigenvalue weighted by Gasteiger charge is 2.41. The zero-order valence-corrected chi connectivity index (χ0v) is 37.4. The minimum Gasteiger partial charge on any atom is -0.309 e. The maximum atomic E-state index is 2.48. The standard InChI is InChI=1S/C63H47NSi/c1-44-55-39-37-48(41-59(55)56-29-14-15-31-58(56)63(44)47-35-33-46(34-36-47)45-19-6-2-7-20-45)49-38-40-62-60(42-49)57-30-16-17-32-61(57)64(62)50-21-18-28-54(43-50)65(51-22-8-3-9-23-51,52-24-10-4-11-25-52)53-26-12-5-13-27-53/h2-44,63H,1H3. The van der Waals surface area contributed by atoms with Crippen molar-refractivity contribution in [3.8, 4) is 39.1 Å². The molecular weight excluding hydrogens is 799 g/mol. The highest BCUT2D eigenvalue weighted by molar-refractivity contribution is 7.19. The Morgan fingerprint density at radius 2 is 0.862 bits per heavy atom. The molecular formula is C63H47NSi. The smallest absolute Gasteiger partial charge is 0.179 e. The first kappa shape index (κ1) is 38.9. The molecule has 0 amide bonds. The van der Waals surface area contributed by atoms with E-state index in [0.29, 0.717) is 5.92 Å². The monoisotopic (exact) mass is 845 g/mol. The fraction of sp³-hybridized carbons (Fsp3) is 0.0476. The molecule has 1 nitrogen and oxygen atoms in total. The Hall–Kier alpha value is -7.78. The summed E-state index contributed by atoms with van der Waals surface area (Å²) in [4.78, 5) is 0. The predicted octanol–water partition coefficient (Wildman–Crippen LogP) is 13.4. The Labute approximate surface area is 382 Å². The van der Waals surface area contributed by atoms with Gasteiger partial charge in [0.25, 0.3) is 0 Å². The molecule has 1 aliphatic rings. The van der Waals surface area contributed by atoms with E-state index in [1.807, 2.05) is 0 Å². The third-order valence-electron chi connectivity index (χ3n) is 14.2. The van der Waals surface area contributed by atoms with Gasteiger partial charge in [0.2, 0.25) is 0 Å². The number of fused-ring (bicyclic) bond motifs is 6. The van der Waals surface area contributed by atoms with Crippen molar-refractivity contribution in [1.82, 2.24) is 4.57 Å². The Kier molecular flexibility index (Phi) is 9.62. The fourth-order valence-electron chi connectivity index (χ4n) is 11.2. The number of aromatic nitrogens is 1. The van der Waals surface area contributed by atoms with Crippen LogP contribution in [0.25, 0.3) is 60.9 Å². The Balaban J connectivity index is 0.965. The normalized spacial score (nSPS) is 14.5. The predicted molar refractivity (Wildman–Crippen MR) is 277 cm³/mol. The summed E-state index contributed by atoms with van der Waals surface area (Å²) in [6.07, 6.45) is 0. The van der Waals surface area contributed by atoms with Crippen LogP contribution in [0.2, 0.25) is 0 Å². The van der Waals surface area contributed by atoms with E-state index in [2.05, 4.69) is 266 Å². The van der Waals surface area contributed by atoms with E-state index in [0.717, 1.165) is 0 Å². The summed E-state index contributed by atoms with van der Waals surface area (Å²) >= 11 is 0. The van der Waals surface area contributed by atoms with Gasteiger partial charge in [-0.15, -0.1) is 0 Å². The topological polar surface area (TPSA) is 4.93 Å². The number of rotatable bonds is 8. The zero-order chi connectivity index (χ0) is 43.3. The second-order valence-corrected chi connectivity index (χ2v) is 21.4. The van der Waals surface area contributed by atoms with Crippen molar-refractivity contribution in [2.24, 2.45) is 0 Å². The summed E-state index contributed by atoms with van der Waals surface area (Å²) in [5.74, 6) is 0.594. The van der Waals surface area contributed by atoms with Gasteiger partial charge in [-0.1, -0.05) is 225 Å². The van der Waals surface area contributed by atoms with Crippen LogP contribution < -0.4 is 20.7 Å². The third-order valence-corrected chi connectivity index (χ3v) is 18.9. The van der Waals surface area contributed by atoms with Gasteiger partial charge in [-0.25, -0.2) is 0 Å². The van der Waals surface area contributed by atoms with Gasteiger partial charge in [0.05, 0.1) is 11.0 Å². The van der Waals surface area contributed by atoms with Crippen LogP contribution in [0.1, 0.15) is 35.4 Å². The van der Waals surface area contributed by atoms with Gasteiger partial charge in [-0.05, 0) is 113 Å². The second kappa shape index (κ2) is 16.1. The molecule has 0 bridgehead atoms. The number of hydrogen-bond acceptors (Lipinski definition) is 0. The lowest BCUT2D eigenvalue weighted by molar-refractivity contribution is 0.650. The molecule has 0 saturated heterocycles. The molecule has 0 radical (unpaired) electrons. The molecule has 12 rings (SSSR count). The molecule has 1 aromatic heterocycles. The minimum absolute atomic E-state index is 0.274. The molecule has 308 valence electrons. The van der Waals surface area contributed by atoms with Gasteiger partial charge in [-0.2, -0.15) is 0 Å². The summed E-state index contributed by atoms with van der Waals surface area (Å²) < 4.78 is 2.48. The van der Waals surface area contributed by atoms with Crippen LogP contribution in [0.15, 0.2) is 255 Å². The Bertz CT molecular complexity index is 3390. The van der Waals surface area contributed by atoms with Crippen molar-refractivity contribution in [3.63, 3.8) is 0 Å². The molecule has 1 heterocycles. The van der Waals surface area contributed by atoms with Crippen molar-refractivity contribution in [2.75, 3.05) is 0 Å². The molecule has 0 saturated carbocycles. The van der Waals surface area contributed by atoms with Gasteiger partial charge in [0, 0.05) is 22.4 Å². The lowest BCUT2D eigenvalue weighted by Crippen LogP contribution is -2.74. The first-order chi connectivity index (χ1) is 32.2. The molecule has 65 heavy (non-hydrogen) atoms. The number of nitrogens with zero attached hydrogens (tertiary/aromatic N) is 1. The van der Waals surface area contributed by atoms with Crippen molar-refractivity contribution in [2.45, 2.75) is 18.8 Å². The quantitative estimate of drug-likeness (QED) is 0.106. The van der Waals surface area contributed by atoms with Gasteiger partial charge in [0.1, 0.15) is 0 Å². The van der Waals surface area contributed by atoms with Crippen molar-refractivity contribution in [1.29, 1.82) is 0 Å². The maximum absolute atomic E-state index is 2.73. The molecule has 2 heteroatoms. The van der Waals surface area contributed by atoms with Crippen molar-refractivity contribution >= 4 is 50.6 Å². The highest BCUT2D eigenvalue weighted by Crippen LogP contribution is 2.50. The van der Waals surface area contributed by atoms with Crippen LogP contribution in [-0.2, 0) is 0 Å². The Morgan fingerprint density at radius 3 is 1.55 bits per heavy atom. The first-order valence-electron chi connectivity index (χ1n) is 22.9. The number of para-hydroxylation sites is 1. The lowest BCUT2D eigenvalue weighted by atomic mass is 9.69. The van der Waals surface area contributed by atoms with E-state index in [1.165, 1.54) is 98.3 Å². The Morgan fingerprint density at radius 1 is 0.338 bits per heavy atom. The maximum Gasteiger partial charge on any atom is 0.179 e. The molecule has 0 fully saturated rings. The second-order valence-electron chi connectivity index (χ2n) is 17.6. The molecule has 10 aromatic carbocycles. The van der Waals surface area contributed by atoms with E-state index < -0.39 is 8.07 Å². The zero-order valence-electron chi connectivity index (χ0n) is 36.4. The fourth-order valence-corrected chi connectivity index (χ4v) is 16.0. The van der Waals surface area contributed by atoms with E-state index in [4.69, 9.17) is 0 Å². The van der Waals surface area contributed by atoms with Gasteiger partial charge in [0.15, 0.2) is 8.07 Å². The summed E-state index contributed by atoms with van der Waals surface area (Å²) in [5.41, 5.74) is 15.4. The van der Waals surface area contributed by atoms with Gasteiger partial charge >= 0.3 is 0 Å². The lowest BCUT2D eigenvalue weighted by Gasteiger charge is -2.34. The van der Waals surface area contributed by atoms with Gasteiger partial charge in [-0.3, -0.25) is 0 Å². The average molecular weight is 846 g/mol. The van der Waals surface area contributed by atoms with Crippen molar-refractivity contribution in [3.05, 3.63) is 271 Å². The van der Waals surface area contributed by atoms with E-state index in [-0.39, 0.29) is 5.92 Å². The van der Waals surface area contributed by atoms with Crippen LogP contribution in [-0.4, -0.2) is 12.6 Å². The first-order valence-corrected chi connectivity index (χ1v) is 24.9. The third kappa shape index (κ3) is 6.44. The van der Waals surface area contributed by atoms with Crippen molar-refractivity contribution < 1.29 is 0 Å². The van der Waals surface area contributed by atoms with Gasteiger partial charge < -0.3 is 4.57 Å². The SMILES string of the molecule is CC1c2ccc(-c3ccc4c(c3)c3ccccc3n4-c3cccc([Si](c4ccccc4)(c4ccccc4)c4ccccc4)c3)cc2-c2ccccc2C1c1ccc(-c2ccccc2)cc1. The number of hydrogen-bond donors (Lipinski definition) is 0. The summed E-state index contributed by atoms with van der Waals surface area (Å²) in [7, 11) is -2.73. The molecule has 11 aromatic rings. The summed E-state index contributed by atoms with van der Waals surface area (Å²) in [5, 5.41) is 7.98. The average Bonchev–Trinajstić information content (AvgIpc) is 3.72. The van der Waals surface area contributed by atoms with E-state index in [9.17, 15) is 0 Å². The van der Waals surface area contributed by atoms with Crippen LogP contribution >= 0.6 is 0 Å². The molecule has 2 atom stereocenters.